The highest BCUT2D eigenvalue weighted by atomic mass is 35.5. The quantitative estimate of drug-likeness (QED) is 0.153. The lowest BCUT2D eigenvalue weighted by Crippen LogP contribution is -2.13. The van der Waals surface area contributed by atoms with E-state index in [0.29, 0.717) is 57.6 Å². The Hall–Kier alpha value is -4.89. The first-order chi connectivity index (χ1) is 19.4. The van der Waals surface area contributed by atoms with Crippen LogP contribution in [0.2, 0.25) is 5.02 Å². The summed E-state index contributed by atoms with van der Waals surface area (Å²) in [6.07, 6.45) is 0. The fraction of sp³-hybridized carbons (Fsp3) is 0.133. The van der Waals surface area contributed by atoms with Crippen molar-refractivity contribution >= 4 is 34.6 Å². The molecule has 10 heteroatoms. The SMILES string of the molecule is CCOc1ccc(C(=O)Oc2ccc(-n3nc4ccc(Cl)cc4n3)c(OC(=O)c3ccc(OCC)cc3)c2)cc1. The molecule has 0 atom stereocenters. The van der Waals surface area contributed by atoms with Gasteiger partial charge in [0.05, 0.1) is 24.3 Å². The third kappa shape index (κ3) is 6.05. The van der Waals surface area contributed by atoms with Crippen LogP contribution in [0.3, 0.4) is 0 Å². The lowest BCUT2D eigenvalue weighted by molar-refractivity contribution is 0.0732. The summed E-state index contributed by atoms with van der Waals surface area (Å²) in [5.41, 5.74) is 2.14. The maximum absolute atomic E-state index is 13.1. The summed E-state index contributed by atoms with van der Waals surface area (Å²) in [6, 6.07) is 22.9. The minimum atomic E-state index is -0.626. The second kappa shape index (κ2) is 11.9. The van der Waals surface area contributed by atoms with Gasteiger partial charge >= 0.3 is 11.9 Å². The summed E-state index contributed by atoms with van der Waals surface area (Å²) in [5.74, 6) is 0.316. The molecule has 0 aliphatic rings. The lowest BCUT2D eigenvalue weighted by Gasteiger charge is -2.12. The Kier molecular flexibility index (Phi) is 7.93. The molecule has 0 unspecified atom stereocenters. The summed E-state index contributed by atoms with van der Waals surface area (Å²) < 4.78 is 22.2. The zero-order chi connectivity index (χ0) is 28.1. The molecule has 0 saturated carbocycles. The highest BCUT2D eigenvalue weighted by Gasteiger charge is 2.18. The highest BCUT2D eigenvalue weighted by molar-refractivity contribution is 6.31. The van der Waals surface area contributed by atoms with Gasteiger partial charge in [-0.1, -0.05) is 11.6 Å². The van der Waals surface area contributed by atoms with E-state index >= 15 is 0 Å². The number of nitrogens with zero attached hydrogens (tertiary/aromatic N) is 3. The van der Waals surface area contributed by atoms with Crippen LogP contribution in [-0.2, 0) is 0 Å². The van der Waals surface area contributed by atoms with Gasteiger partial charge in [0.2, 0.25) is 0 Å². The zero-order valence-electron chi connectivity index (χ0n) is 21.7. The number of halogens is 1. The molecule has 0 saturated heterocycles. The number of aromatic nitrogens is 3. The van der Waals surface area contributed by atoms with Crippen molar-refractivity contribution in [1.82, 2.24) is 15.0 Å². The van der Waals surface area contributed by atoms with E-state index in [2.05, 4.69) is 10.2 Å². The third-order valence-corrected chi connectivity index (χ3v) is 5.94. The zero-order valence-corrected chi connectivity index (χ0v) is 22.4. The lowest BCUT2D eigenvalue weighted by atomic mass is 10.2. The Morgan fingerprint density at radius 3 is 1.82 bits per heavy atom. The number of benzene rings is 4. The monoisotopic (exact) mass is 557 g/mol. The van der Waals surface area contributed by atoms with E-state index in [0.717, 1.165) is 0 Å². The maximum Gasteiger partial charge on any atom is 0.343 e. The topological polar surface area (TPSA) is 102 Å². The molecule has 40 heavy (non-hydrogen) atoms. The molecular weight excluding hydrogens is 534 g/mol. The number of carbonyl (C=O) groups excluding carboxylic acids is 2. The Morgan fingerprint density at radius 2 is 1.23 bits per heavy atom. The molecule has 5 aromatic rings. The molecule has 0 aliphatic carbocycles. The summed E-state index contributed by atoms with van der Waals surface area (Å²) in [6.45, 7) is 4.77. The third-order valence-electron chi connectivity index (χ3n) is 5.70. The maximum atomic E-state index is 13.1. The number of hydrogen-bond acceptors (Lipinski definition) is 8. The van der Waals surface area contributed by atoms with Crippen LogP contribution in [0.5, 0.6) is 23.0 Å². The number of fused-ring (bicyclic) bond motifs is 1. The Labute approximate surface area is 234 Å². The number of carbonyl (C=O) groups is 2. The molecular formula is C30H24ClN3O6. The van der Waals surface area contributed by atoms with E-state index < -0.39 is 11.9 Å². The largest absolute Gasteiger partial charge is 0.494 e. The van der Waals surface area contributed by atoms with Crippen molar-refractivity contribution in [2.24, 2.45) is 0 Å². The predicted molar refractivity (Wildman–Crippen MR) is 149 cm³/mol. The normalized spacial score (nSPS) is 10.8. The van der Waals surface area contributed by atoms with Gasteiger partial charge in [0.15, 0.2) is 5.75 Å². The molecule has 1 heterocycles. The van der Waals surface area contributed by atoms with Crippen molar-refractivity contribution in [3.05, 3.63) is 101 Å². The average Bonchev–Trinajstić information content (AvgIpc) is 3.37. The van der Waals surface area contributed by atoms with E-state index in [1.54, 1.807) is 78.9 Å². The number of hydrogen-bond donors (Lipinski definition) is 0. The minimum absolute atomic E-state index is 0.0854. The smallest absolute Gasteiger partial charge is 0.343 e. The molecule has 0 radical (unpaired) electrons. The fourth-order valence-electron chi connectivity index (χ4n) is 3.83. The van der Waals surface area contributed by atoms with Gasteiger partial charge in [-0.15, -0.1) is 15.0 Å². The van der Waals surface area contributed by atoms with Gasteiger partial charge in [-0.05, 0) is 92.7 Å². The first-order valence-electron chi connectivity index (χ1n) is 12.5. The molecule has 5 rings (SSSR count). The van der Waals surface area contributed by atoms with Crippen LogP contribution in [0.4, 0.5) is 0 Å². The number of ether oxygens (including phenoxy) is 4. The molecule has 202 valence electrons. The minimum Gasteiger partial charge on any atom is -0.494 e. The van der Waals surface area contributed by atoms with Crippen molar-refractivity contribution < 1.29 is 28.5 Å². The molecule has 0 fully saturated rings. The molecule has 9 nitrogen and oxygen atoms in total. The average molecular weight is 558 g/mol. The molecule has 1 aromatic heterocycles. The predicted octanol–water partition coefficient (Wildman–Crippen LogP) is 6.31. The highest BCUT2D eigenvalue weighted by Crippen LogP contribution is 2.30. The molecule has 4 aromatic carbocycles. The van der Waals surface area contributed by atoms with Crippen molar-refractivity contribution in [2.75, 3.05) is 13.2 Å². The van der Waals surface area contributed by atoms with Crippen LogP contribution < -0.4 is 18.9 Å². The van der Waals surface area contributed by atoms with Gasteiger partial charge in [-0.25, -0.2) is 9.59 Å². The van der Waals surface area contributed by atoms with Crippen LogP contribution in [0.1, 0.15) is 34.6 Å². The van der Waals surface area contributed by atoms with E-state index in [9.17, 15) is 9.59 Å². The van der Waals surface area contributed by atoms with Gasteiger partial charge < -0.3 is 18.9 Å². The van der Waals surface area contributed by atoms with Crippen LogP contribution in [-0.4, -0.2) is 40.1 Å². The van der Waals surface area contributed by atoms with Gasteiger partial charge in [0.1, 0.15) is 34.0 Å². The summed E-state index contributed by atoms with van der Waals surface area (Å²) >= 11 is 6.11. The van der Waals surface area contributed by atoms with Crippen LogP contribution in [0.25, 0.3) is 16.7 Å². The molecule has 0 amide bonds. The van der Waals surface area contributed by atoms with Crippen molar-refractivity contribution in [1.29, 1.82) is 0 Å². The summed E-state index contributed by atoms with van der Waals surface area (Å²) in [4.78, 5) is 27.2. The van der Waals surface area contributed by atoms with E-state index in [4.69, 9.17) is 30.5 Å². The van der Waals surface area contributed by atoms with E-state index in [1.807, 2.05) is 13.8 Å². The standard InChI is InChI=1S/C30H24ClN3O6/c1-3-37-22-10-5-19(6-11-22)29(35)39-24-14-16-27(34-32-25-15-9-21(31)17-26(25)33-34)28(18-24)40-30(36)20-7-12-23(13-8-20)38-4-2/h5-18H,3-4H2,1-2H3. The van der Waals surface area contributed by atoms with Crippen LogP contribution >= 0.6 is 11.6 Å². The number of esters is 2. The molecule has 0 spiro atoms. The summed E-state index contributed by atoms with van der Waals surface area (Å²) in [5, 5.41) is 9.46. The van der Waals surface area contributed by atoms with Gasteiger partial charge in [-0.2, -0.15) is 0 Å². The van der Waals surface area contributed by atoms with Crippen LogP contribution in [0, 0.1) is 0 Å². The van der Waals surface area contributed by atoms with Crippen molar-refractivity contribution in [3.63, 3.8) is 0 Å². The van der Waals surface area contributed by atoms with Gasteiger partial charge in [-0.3, -0.25) is 0 Å². The fourth-order valence-corrected chi connectivity index (χ4v) is 4.00. The molecule has 0 aliphatic heterocycles. The molecule has 0 N–H and O–H groups in total. The van der Waals surface area contributed by atoms with Crippen molar-refractivity contribution in [3.8, 4) is 28.7 Å². The second-order valence-electron chi connectivity index (χ2n) is 8.45. The molecule has 0 bridgehead atoms. The second-order valence-corrected chi connectivity index (χ2v) is 8.88. The van der Waals surface area contributed by atoms with Crippen molar-refractivity contribution in [2.45, 2.75) is 13.8 Å². The Balaban J connectivity index is 1.46. The first kappa shape index (κ1) is 26.7. The van der Waals surface area contributed by atoms with E-state index in [-0.39, 0.29) is 11.5 Å². The van der Waals surface area contributed by atoms with Gasteiger partial charge in [0, 0.05) is 11.1 Å². The van der Waals surface area contributed by atoms with E-state index in [1.165, 1.54) is 10.9 Å². The Morgan fingerprint density at radius 1 is 0.675 bits per heavy atom. The Bertz CT molecular complexity index is 1670. The van der Waals surface area contributed by atoms with Gasteiger partial charge in [0.25, 0.3) is 0 Å². The number of rotatable bonds is 9. The first-order valence-corrected chi connectivity index (χ1v) is 12.9. The summed E-state index contributed by atoms with van der Waals surface area (Å²) in [7, 11) is 0. The van der Waals surface area contributed by atoms with Crippen LogP contribution in [0.15, 0.2) is 84.9 Å².